The van der Waals surface area contributed by atoms with E-state index in [2.05, 4.69) is 28.9 Å². The highest BCUT2D eigenvalue weighted by Crippen LogP contribution is 2.28. The van der Waals surface area contributed by atoms with Crippen LogP contribution in [0.4, 0.5) is 4.39 Å². The number of ether oxygens (including phenoxy) is 1. The topological polar surface area (TPSA) is 76.4 Å². The summed E-state index contributed by atoms with van der Waals surface area (Å²) in [6.45, 7) is 4.03. The summed E-state index contributed by atoms with van der Waals surface area (Å²) in [7, 11) is -3.16. The lowest BCUT2D eigenvalue weighted by Gasteiger charge is -2.30. The number of hydrogen-bond donors (Lipinski definition) is 2. The van der Waals surface area contributed by atoms with Crippen LogP contribution in [-0.4, -0.2) is 32.2 Å². The number of aromatic nitrogens is 2. The average Bonchev–Trinajstić information content (AvgIpc) is 3.29. The number of benzene rings is 2. The second-order valence-corrected chi connectivity index (χ2v) is 11.3. The molecule has 0 spiro atoms. The quantitative estimate of drug-likeness (QED) is 0.215. The van der Waals surface area contributed by atoms with E-state index in [-0.39, 0.29) is 29.6 Å². The minimum absolute atomic E-state index is 0.0606. The van der Waals surface area contributed by atoms with E-state index in [1.54, 1.807) is 23.0 Å². The minimum Gasteiger partial charge on any atom is -0.488 e. The summed E-state index contributed by atoms with van der Waals surface area (Å²) in [5, 5.41) is 5.35. The van der Waals surface area contributed by atoms with Gasteiger partial charge in [0.25, 0.3) is 10.4 Å². The van der Waals surface area contributed by atoms with Crippen molar-refractivity contribution in [3.8, 4) is 11.4 Å². The molecular formula is C28H35FN3O3S+. The number of rotatable bonds is 12. The maximum absolute atomic E-state index is 13.3. The Morgan fingerprint density at radius 2 is 2.00 bits per heavy atom. The number of hydrogen-bond acceptors (Lipinski definition) is 3. The first-order chi connectivity index (χ1) is 17.4. The lowest BCUT2D eigenvalue weighted by Crippen LogP contribution is -2.50. The molecule has 0 saturated heterocycles. The fourth-order valence-corrected chi connectivity index (χ4v) is 6.00. The van der Waals surface area contributed by atoms with Crippen molar-refractivity contribution in [2.24, 2.45) is 5.92 Å². The third-order valence-corrected chi connectivity index (χ3v) is 8.04. The third-order valence-electron chi connectivity index (χ3n) is 6.46. The second kappa shape index (κ2) is 12.0. The van der Waals surface area contributed by atoms with Crippen LogP contribution in [0, 0.1) is 11.7 Å². The average molecular weight is 513 g/mol. The van der Waals surface area contributed by atoms with Crippen LogP contribution < -0.4 is 9.46 Å². The summed E-state index contributed by atoms with van der Waals surface area (Å²) < 4.78 is 48.0. The van der Waals surface area contributed by atoms with Gasteiger partial charge in [0.1, 0.15) is 17.7 Å². The number of nitrogens with zero attached hydrogens (tertiary/aromatic N) is 2. The van der Waals surface area contributed by atoms with E-state index in [0.717, 1.165) is 48.7 Å². The SMILES string of the molecule is CCCCCC[S+](=O)(O)N[C@@H](C)[C@H](Oc1ccc2c(cnn2-c2ccc(F)cc2)c1)C1C=CC=CC1. The first-order valence-corrected chi connectivity index (χ1v) is 14.3. The molecule has 1 aromatic heterocycles. The number of halogens is 1. The summed E-state index contributed by atoms with van der Waals surface area (Å²) in [4.78, 5) is 0. The van der Waals surface area contributed by atoms with E-state index in [0.29, 0.717) is 5.75 Å². The molecule has 1 heterocycles. The summed E-state index contributed by atoms with van der Waals surface area (Å²) in [6, 6.07) is 11.6. The van der Waals surface area contributed by atoms with Gasteiger partial charge in [-0.1, -0.05) is 44.1 Å². The highest BCUT2D eigenvalue weighted by Gasteiger charge is 2.35. The van der Waals surface area contributed by atoms with Gasteiger partial charge < -0.3 is 4.74 Å². The van der Waals surface area contributed by atoms with Crippen molar-refractivity contribution in [1.82, 2.24) is 14.5 Å². The summed E-state index contributed by atoms with van der Waals surface area (Å²) in [5.74, 6) is 0.665. The molecule has 2 N–H and O–H groups in total. The largest absolute Gasteiger partial charge is 0.488 e. The molecule has 192 valence electrons. The molecule has 1 aliphatic carbocycles. The molecule has 4 rings (SSSR count). The van der Waals surface area contributed by atoms with Gasteiger partial charge in [-0.15, -0.1) is 4.72 Å². The van der Waals surface area contributed by atoms with Gasteiger partial charge in [0.05, 0.1) is 23.4 Å². The van der Waals surface area contributed by atoms with Gasteiger partial charge in [-0.3, -0.25) is 0 Å². The Morgan fingerprint density at radius 3 is 2.72 bits per heavy atom. The Morgan fingerprint density at radius 1 is 1.19 bits per heavy atom. The Balaban J connectivity index is 1.52. The van der Waals surface area contributed by atoms with Crippen molar-refractivity contribution in [3.05, 3.63) is 78.8 Å². The molecule has 2 aromatic carbocycles. The number of nitrogens with one attached hydrogen (secondary N) is 1. The van der Waals surface area contributed by atoms with E-state index in [9.17, 15) is 13.2 Å². The number of allylic oxidation sites excluding steroid dienone is 3. The predicted molar refractivity (Wildman–Crippen MR) is 144 cm³/mol. The molecular weight excluding hydrogens is 477 g/mol. The monoisotopic (exact) mass is 512 g/mol. The molecule has 3 aromatic rings. The highest BCUT2D eigenvalue weighted by molar-refractivity contribution is 7.95. The van der Waals surface area contributed by atoms with Crippen LogP contribution in [-0.2, 0) is 14.6 Å². The summed E-state index contributed by atoms with van der Waals surface area (Å²) in [5.41, 5.74) is 1.65. The Kier molecular flexibility index (Phi) is 8.72. The smallest absolute Gasteiger partial charge is 0.289 e. The van der Waals surface area contributed by atoms with Crippen molar-refractivity contribution in [2.75, 3.05) is 5.75 Å². The molecule has 36 heavy (non-hydrogen) atoms. The van der Waals surface area contributed by atoms with Crippen molar-refractivity contribution in [2.45, 2.75) is 58.1 Å². The fourth-order valence-electron chi connectivity index (χ4n) is 4.57. The molecule has 6 nitrogen and oxygen atoms in total. The molecule has 0 radical (unpaired) electrons. The Hall–Kier alpha value is -2.81. The zero-order chi connectivity index (χ0) is 25.5. The molecule has 1 aliphatic rings. The molecule has 0 amide bonds. The normalized spacial score (nSPS) is 18.7. The van der Waals surface area contributed by atoms with E-state index in [1.807, 2.05) is 37.3 Å². The molecule has 2 unspecified atom stereocenters. The van der Waals surface area contributed by atoms with Crippen LogP contribution in [0.2, 0.25) is 0 Å². The van der Waals surface area contributed by atoms with Crippen molar-refractivity contribution >= 4 is 21.3 Å². The van der Waals surface area contributed by atoms with Gasteiger partial charge in [-0.25, -0.2) is 9.07 Å². The highest BCUT2D eigenvalue weighted by atomic mass is 32.3. The molecule has 8 heteroatoms. The molecule has 0 saturated carbocycles. The van der Waals surface area contributed by atoms with Gasteiger partial charge in [-0.05, 0) is 72.9 Å². The van der Waals surface area contributed by atoms with Crippen molar-refractivity contribution in [1.29, 1.82) is 0 Å². The van der Waals surface area contributed by atoms with Crippen LogP contribution in [0.3, 0.4) is 0 Å². The second-order valence-electron chi connectivity index (χ2n) is 9.36. The maximum Gasteiger partial charge on any atom is 0.289 e. The molecule has 0 bridgehead atoms. The first-order valence-electron chi connectivity index (χ1n) is 12.6. The zero-order valence-electron chi connectivity index (χ0n) is 20.8. The summed E-state index contributed by atoms with van der Waals surface area (Å²) in [6.07, 6.45) is 14.2. The van der Waals surface area contributed by atoms with E-state index in [1.165, 1.54) is 12.1 Å². The van der Waals surface area contributed by atoms with Crippen molar-refractivity contribution < 1.29 is 17.9 Å². The molecule has 0 aliphatic heterocycles. The van der Waals surface area contributed by atoms with Gasteiger partial charge in [0.15, 0.2) is 5.75 Å². The third kappa shape index (κ3) is 6.69. The van der Waals surface area contributed by atoms with Gasteiger partial charge in [0.2, 0.25) is 0 Å². The van der Waals surface area contributed by atoms with Crippen LogP contribution in [0.5, 0.6) is 5.75 Å². The maximum atomic E-state index is 13.3. The van der Waals surface area contributed by atoms with Gasteiger partial charge in [0, 0.05) is 11.3 Å². The van der Waals surface area contributed by atoms with Gasteiger partial charge in [-0.2, -0.15) is 9.65 Å². The van der Waals surface area contributed by atoms with E-state index >= 15 is 0 Å². The Bertz CT molecular complexity index is 1250. The predicted octanol–water partition coefficient (Wildman–Crippen LogP) is 6.49. The number of fused-ring (bicyclic) bond motifs is 1. The standard InChI is InChI=1S/C28H34FN3O3S/c1-3-4-5-9-18-36(33,34)31-21(2)28(22-10-7-6-8-11-22)35-26-16-17-27-23(19-26)20-30-32(27)25-14-12-24(29)13-15-25/h6-8,10,12-17,19-22,28H,3-5,9,11,18H2,1-2H3,(H-,31,33,34)/p+1/t21-,22?,28-/m0/s1. The lowest BCUT2D eigenvalue weighted by molar-refractivity contribution is 0.127. The zero-order valence-corrected chi connectivity index (χ0v) is 21.7. The summed E-state index contributed by atoms with van der Waals surface area (Å²) >= 11 is 0. The Labute approximate surface area is 213 Å². The first kappa shape index (κ1) is 26.3. The van der Waals surface area contributed by atoms with Gasteiger partial charge >= 0.3 is 0 Å². The van der Waals surface area contributed by atoms with Crippen LogP contribution in [0.1, 0.15) is 46.0 Å². The van der Waals surface area contributed by atoms with E-state index in [4.69, 9.17) is 4.74 Å². The van der Waals surface area contributed by atoms with Crippen LogP contribution in [0.15, 0.2) is 73.0 Å². The lowest BCUT2D eigenvalue weighted by atomic mass is 9.91. The molecule has 4 atom stereocenters. The van der Waals surface area contributed by atoms with Crippen molar-refractivity contribution in [3.63, 3.8) is 0 Å². The fraction of sp³-hybridized carbons (Fsp3) is 0.393. The van der Waals surface area contributed by atoms with Crippen LogP contribution in [0.25, 0.3) is 16.6 Å². The van der Waals surface area contributed by atoms with E-state index < -0.39 is 10.4 Å². The van der Waals surface area contributed by atoms with Crippen LogP contribution >= 0.6 is 0 Å². The number of unbranched alkanes of at least 4 members (excludes halogenated alkanes) is 3. The minimum atomic E-state index is -3.16. The molecule has 0 fully saturated rings.